The van der Waals surface area contributed by atoms with Gasteiger partial charge >= 0.3 is 0 Å². The molecule has 1 aliphatic carbocycles. The highest BCUT2D eigenvalue weighted by molar-refractivity contribution is 5.73. The van der Waals surface area contributed by atoms with Crippen LogP contribution in [0.15, 0.2) is 54.6 Å². The minimum Gasteiger partial charge on any atom is -0.370 e. The Kier molecular flexibility index (Phi) is 5.36. The van der Waals surface area contributed by atoms with E-state index in [0.29, 0.717) is 6.42 Å². The zero-order valence-electron chi connectivity index (χ0n) is 11.7. The summed E-state index contributed by atoms with van der Waals surface area (Å²) in [5.41, 5.74) is 9.29. The number of hydrogen-bond acceptors (Lipinski definition) is 1. The van der Waals surface area contributed by atoms with Crippen molar-refractivity contribution in [1.29, 1.82) is 0 Å². The highest BCUT2D eigenvalue weighted by Crippen LogP contribution is 2.20. The number of carbonyl (C=O) groups is 1. The van der Waals surface area contributed by atoms with Crippen molar-refractivity contribution in [3.8, 4) is 0 Å². The van der Waals surface area contributed by atoms with E-state index in [0.717, 1.165) is 12.0 Å². The number of fused-ring (bicyclic) bond motifs is 1. The predicted molar refractivity (Wildman–Crippen MR) is 82.4 cm³/mol. The van der Waals surface area contributed by atoms with Gasteiger partial charge in [0.2, 0.25) is 5.91 Å². The molecule has 0 atom stereocenters. The third-order valence-corrected chi connectivity index (χ3v) is 3.51. The summed E-state index contributed by atoms with van der Waals surface area (Å²) in [5, 5.41) is 0. The second-order valence-electron chi connectivity index (χ2n) is 5.07. The zero-order chi connectivity index (χ0) is 14.2. The maximum absolute atomic E-state index is 10.4. The van der Waals surface area contributed by atoms with Gasteiger partial charge in [0.1, 0.15) is 0 Å². The lowest BCUT2D eigenvalue weighted by Crippen LogP contribution is -2.10. The minimum atomic E-state index is -0.242. The standard InChI is InChI=1S/C9H11NO.C9H10/c10-9(11)7-6-8-4-2-1-3-5-8;1-2-5-9-7-3-6-8(9)4-1/h1-5H,6-7H2,(H2,10,11);1-2,4-5H,3,6-7H2. The van der Waals surface area contributed by atoms with Crippen LogP contribution in [0.3, 0.4) is 0 Å². The molecule has 2 aromatic carbocycles. The van der Waals surface area contributed by atoms with Gasteiger partial charge < -0.3 is 5.73 Å². The van der Waals surface area contributed by atoms with E-state index in [4.69, 9.17) is 5.73 Å². The molecule has 2 aromatic rings. The topological polar surface area (TPSA) is 43.1 Å². The van der Waals surface area contributed by atoms with Crippen LogP contribution >= 0.6 is 0 Å². The summed E-state index contributed by atoms with van der Waals surface area (Å²) in [6, 6.07) is 18.6. The van der Waals surface area contributed by atoms with Gasteiger partial charge in [-0.25, -0.2) is 0 Å². The Labute approximate surface area is 120 Å². The molecule has 0 aliphatic heterocycles. The number of rotatable bonds is 3. The number of nitrogens with two attached hydrogens (primary N) is 1. The first-order valence-corrected chi connectivity index (χ1v) is 7.15. The van der Waals surface area contributed by atoms with E-state index in [1.807, 2.05) is 30.3 Å². The molecule has 0 heterocycles. The molecule has 2 heteroatoms. The molecule has 2 N–H and O–H groups in total. The fourth-order valence-electron chi connectivity index (χ4n) is 2.43. The zero-order valence-corrected chi connectivity index (χ0v) is 11.7. The quantitative estimate of drug-likeness (QED) is 0.911. The van der Waals surface area contributed by atoms with Crippen molar-refractivity contribution in [1.82, 2.24) is 0 Å². The number of aryl methyl sites for hydroxylation is 3. The van der Waals surface area contributed by atoms with Crippen molar-refractivity contribution in [2.24, 2.45) is 5.73 Å². The van der Waals surface area contributed by atoms with Gasteiger partial charge in [-0.05, 0) is 42.4 Å². The van der Waals surface area contributed by atoms with Crippen LogP contribution in [0.2, 0.25) is 0 Å². The van der Waals surface area contributed by atoms with Crippen LogP contribution in [0.1, 0.15) is 29.5 Å². The lowest BCUT2D eigenvalue weighted by molar-refractivity contribution is -0.117. The number of hydrogen-bond donors (Lipinski definition) is 1. The summed E-state index contributed by atoms with van der Waals surface area (Å²) in [6.45, 7) is 0. The molecule has 1 aliphatic rings. The summed E-state index contributed by atoms with van der Waals surface area (Å²) < 4.78 is 0. The normalized spacial score (nSPS) is 12.2. The first kappa shape index (κ1) is 14.3. The molecular formula is C18H21NO. The van der Waals surface area contributed by atoms with E-state index < -0.39 is 0 Å². The maximum Gasteiger partial charge on any atom is 0.217 e. The highest BCUT2D eigenvalue weighted by Gasteiger charge is 2.07. The molecule has 0 radical (unpaired) electrons. The summed E-state index contributed by atoms with van der Waals surface area (Å²) in [5.74, 6) is -0.242. The smallest absolute Gasteiger partial charge is 0.217 e. The first-order chi connectivity index (χ1) is 9.75. The van der Waals surface area contributed by atoms with Crippen molar-refractivity contribution in [3.63, 3.8) is 0 Å². The molecule has 0 fully saturated rings. The number of amides is 1. The number of primary amides is 1. The molecule has 20 heavy (non-hydrogen) atoms. The van der Waals surface area contributed by atoms with Gasteiger partial charge in [0.15, 0.2) is 0 Å². The van der Waals surface area contributed by atoms with E-state index in [2.05, 4.69) is 24.3 Å². The summed E-state index contributed by atoms with van der Waals surface area (Å²) in [4.78, 5) is 10.4. The van der Waals surface area contributed by atoms with Gasteiger partial charge in [-0.1, -0.05) is 54.6 Å². The average Bonchev–Trinajstić information content (AvgIpc) is 2.95. The van der Waals surface area contributed by atoms with E-state index >= 15 is 0 Å². The molecule has 0 spiro atoms. The van der Waals surface area contributed by atoms with Crippen LogP contribution in [0.5, 0.6) is 0 Å². The largest absolute Gasteiger partial charge is 0.370 e. The van der Waals surface area contributed by atoms with Crippen LogP contribution < -0.4 is 5.73 Å². The van der Waals surface area contributed by atoms with Crippen LogP contribution in [-0.4, -0.2) is 5.91 Å². The van der Waals surface area contributed by atoms with Crippen LogP contribution in [0.4, 0.5) is 0 Å². The Balaban J connectivity index is 0.000000149. The summed E-state index contributed by atoms with van der Waals surface area (Å²) in [6.07, 6.45) is 5.14. The molecule has 0 aromatic heterocycles. The van der Waals surface area contributed by atoms with Gasteiger partial charge in [0.25, 0.3) is 0 Å². The number of benzene rings is 2. The number of carbonyl (C=O) groups excluding carboxylic acids is 1. The lowest BCUT2D eigenvalue weighted by atomic mass is 10.1. The van der Waals surface area contributed by atoms with E-state index in [1.54, 1.807) is 11.1 Å². The highest BCUT2D eigenvalue weighted by atomic mass is 16.1. The van der Waals surface area contributed by atoms with E-state index in [1.165, 1.54) is 19.3 Å². The van der Waals surface area contributed by atoms with Crippen molar-refractivity contribution in [3.05, 3.63) is 71.3 Å². The van der Waals surface area contributed by atoms with Gasteiger partial charge in [-0.3, -0.25) is 4.79 Å². The Morgan fingerprint density at radius 1 is 0.900 bits per heavy atom. The summed E-state index contributed by atoms with van der Waals surface area (Å²) >= 11 is 0. The fourth-order valence-corrected chi connectivity index (χ4v) is 2.43. The molecule has 0 unspecified atom stereocenters. The molecular weight excluding hydrogens is 246 g/mol. The maximum atomic E-state index is 10.4. The molecule has 0 saturated heterocycles. The van der Waals surface area contributed by atoms with Crippen LogP contribution in [0.25, 0.3) is 0 Å². The molecule has 0 saturated carbocycles. The second kappa shape index (κ2) is 7.49. The summed E-state index contributed by atoms with van der Waals surface area (Å²) in [7, 11) is 0. The Hall–Kier alpha value is -2.09. The first-order valence-electron chi connectivity index (χ1n) is 7.15. The molecule has 3 rings (SSSR count). The molecule has 1 amide bonds. The predicted octanol–water partition coefficient (Wildman–Crippen LogP) is 3.28. The SMILES string of the molecule is NC(=O)CCc1ccccc1.c1ccc2c(c1)CCC2. The Morgan fingerprint density at radius 2 is 1.45 bits per heavy atom. The third-order valence-electron chi connectivity index (χ3n) is 3.51. The van der Waals surface area contributed by atoms with Crippen molar-refractivity contribution in [2.75, 3.05) is 0 Å². The van der Waals surface area contributed by atoms with E-state index in [-0.39, 0.29) is 5.91 Å². The monoisotopic (exact) mass is 267 g/mol. The van der Waals surface area contributed by atoms with E-state index in [9.17, 15) is 4.79 Å². The molecule has 2 nitrogen and oxygen atoms in total. The second-order valence-corrected chi connectivity index (χ2v) is 5.07. The van der Waals surface area contributed by atoms with Gasteiger partial charge in [-0.2, -0.15) is 0 Å². The molecule has 0 bridgehead atoms. The van der Waals surface area contributed by atoms with Crippen molar-refractivity contribution < 1.29 is 4.79 Å². The van der Waals surface area contributed by atoms with Crippen molar-refractivity contribution >= 4 is 5.91 Å². The van der Waals surface area contributed by atoms with Gasteiger partial charge in [0, 0.05) is 6.42 Å². The third kappa shape index (κ3) is 4.54. The minimum absolute atomic E-state index is 0.242. The average molecular weight is 267 g/mol. The van der Waals surface area contributed by atoms with Crippen LogP contribution in [-0.2, 0) is 24.1 Å². The van der Waals surface area contributed by atoms with Gasteiger partial charge in [-0.15, -0.1) is 0 Å². The fraction of sp³-hybridized carbons (Fsp3) is 0.278. The molecule has 104 valence electrons. The van der Waals surface area contributed by atoms with Crippen LogP contribution in [0, 0.1) is 0 Å². The van der Waals surface area contributed by atoms with Crippen molar-refractivity contribution in [2.45, 2.75) is 32.1 Å². The lowest BCUT2D eigenvalue weighted by Gasteiger charge is -1.96. The Morgan fingerprint density at radius 3 is 2.00 bits per heavy atom. The Bertz CT molecular complexity index is 525. The van der Waals surface area contributed by atoms with Gasteiger partial charge in [0.05, 0.1) is 0 Å².